The summed E-state index contributed by atoms with van der Waals surface area (Å²) >= 11 is 0. The predicted octanol–water partition coefficient (Wildman–Crippen LogP) is 6.11. The van der Waals surface area contributed by atoms with Gasteiger partial charge in [-0.1, -0.05) is 30.4 Å². The van der Waals surface area contributed by atoms with Gasteiger partial charge in [-0.3, -0.25) is 4.72 Å². The van der Waals surface area contributed by atoms with Crippen molar-refractivity contribution in [2.24, 2.45) is 5.92 Å². The number of hydrogen-bond acceptors (Lipinski definition) is 5. The van der Waals surface area contributed by atoms with Gasteiger partial charge in [-0.2, -0.15) is 0 Å². The van der Waals surface area contributed by atoms with Crippen LogP contribution in [0.15, 0.2) is 83.8 Å². The van der Waals surface area contributed by atoms with E-state index < -0.39 is 10.0 Å². The Balaban J connectivity index is 1.44. The number of anilines is 2. The molecule has 1 aliphatic heterocycles. The van der Waals surface area contributed by atoms with Gasteiger partial charge < -0.3 is 14.8 Å². The molecule has 3 aromatic rings. The van der Waals surface area contributed by atoms with E-state index in [4.69, 9.17) is 9.47 Å². The van der Waals surface area contributed by atoms with Gasteiger partial charge in [0.1, 0.15) is 11.5 Å². The molecule has 0 aromatic heterocycles. The van der Waals surface area contributed by atoms with Crippen molar-refractivity contribution in [1.82, 2.24) is 0 Å². The van der Waals surface area contributed by atoms with Gasteiger partial charge in [0, 0.05) is 22.9 Å². The summed E-state index contributed by atoms with van der Waals surface area (Å²) in [5.41, 5.74) is 3.58. The second kappa shape index (κ2) is 9.66. The number of ether oxygens (including phenoxy) is 2. The number of rotatable bonds is 8. The van der Waals surface area contributed by atoms with Crippen LogP contribution < -0.4 is 19.5 Å². The maximum Gasteiger partial charge on any atom is 0.261 e. The monoisotopic (exact) mass is 490 g/mol. The first-order valence-electron chi connectivity index (χ1n) is 12.0. The van der Waals surface area contributed by atoms with Crippen molar-refractivity contribution in [2.75, 3.05) is 23.3 Å². The van der Waals surface area contributed by atoms with Crippen molar-refractivity contribution >= 4 is 21.4 Å². The van der Waals surface area contributed by atoms with E-state index in [1.807, 2.05) is 38.1 Å². The minimum atomic E-state index is -3.74. The SMILES string of the molecule is CCOc1ccc(NS(=O)(=O)c2ccc3c(c2)C2C=CCC2C(c2ccccc2OCC)N3)cc1. The zero-order valence-electron chi connectivity index (χ0n) is 19.9. The van der Waals surface area contributed by atoms with Crippen molar-refractivity contribution in [2.45, 2.75) is 37.1 Å². The van der Waals surface area contributed by atoms with Gasteiger partial charge in [-0.25, -0.2) is 8.42 Å². The molecule has 3 atom stereocenters. The van der Waals surface area contributed by atoms with Crippen LogP contribution in [-0.4, -0.2) is 21.6 Å². The first-order chi connectivity index (χ1) is 17.0. The minimum absolute atomic E-state index is 0.0784. The molecule has 3 aromatic carbocycles. The molecule has 6 nitrogen and oxygen atoms in total. The summed E-state index contributed by atoms with van der Waals surface area (Å²) in [6.45, 7) is 5.06. The Morgan fingerprint density at radius 3 is 2.49 bits per heavy atom. The van der Waals surface area contributed by atoms with Crippen molar-refractivity contribution in [3.8, 4) is 11.5 Å². The fourth-order valence-electron chi connectivity index (χ4n) is 5.07. The van der Waals surface area contributed by atoms with Crippen LogP contribution in [0.25, 0.3) is 0 Å². The maximum absolute atomic E-state index is 13.2. The van der Waals surface area contributed by atoms with E-state index in [9.17, 15) is 8.42 Å². The number of nitrogens with one attached hydrogen (secondary N) is 2. The molecule has 1 heterocycles. The number of hydrogen-bond donors (Lipinski definition) is 2. The van der Waals surface area contributed by atoms with Gasteiger partial charge >= 0.3 is 0 Å². The number of sulfonamides is 1. The summed E-state index contributed by atoms with van der Waals surface area (Å²) < 4.78 is 40.4. The molecule has 2 N–H and O–H groups in total. The number of allylic oxidation sites excluding steroid dienone is 2. The zero-order valence-corrected chi connectivity index (χ0v) is 20.7. The summed E-state index contributed by atoms with van der Waals surface area (Å²) in [6, 6.07) is 20.5. The Labute approximate surface area is 207 Å². The third-order valence-electron chi connectivity index (χ3n) is 6.62. The molecule has 5 rings (SSSR count). The molecule has 2 aliphatic rings. The molecule has 35 heavy (non-hydrogen) atoms. The molecule has 7 heteroatoms. The summed E-state index contributed by atoms with van der Waals surface area (Å²) in [5, 5.41) is 3.68. The van der Waals surface area contributed by atoms with Crippen LogP contribution in [-0.2, 0) is 10.0 Å². The minimum Gasteiger partial charge on any atom is -0.494 e. The summed E-state index contributed by atoms with van der Waals surface area (Å²) in [5.74, 6) is 2.00. The molecule has 1 aliphatic carbocycles. The van der Waals surface area contributed by atoms with E-state index in [2.05, 4.69) is 28.3 Å². The van der Waals surface area contributed by atoms with Crippen molar-refractivity contribution in [1.29, 1.82) is 0 Å². The quantitative estimate of drug-likeness (QED) is 0.373. The highest BCUT2D eigenvalue weighted by atomic mass is 32.2. The third-order valence-corrected chi connectivity index (χ3v) is 7.99. The van der Waals surface area contributed by atoms with E-state index in [0.29, 0.717) is 24.7 Å². The highest BCUT2D eigenvalue weighted by Gasteiger charge is 2.39. The van der Waals surface area contributed by atoms with Gasteiger partial charge in [0.05, 0.1) is 24.2 Å². The van der Waals surface area contributed by atoms with Crippen LogP contribution >= 0.6 is 0 Å². The Morgan fingerprint density at radius 2 is 1.71 bits per heavy atom. The van der Waals surface area contributed by atoms with E-state index in [1.54, 1.807) is 36.4 Å². The molecular weight excluding hydrogens is 460 g/mol. The predicted molar refractivity (Wildman–Crippen MR) is 139 cm³/mol. The Hall–Kier alpha value is -3.45. The Bertz CT molecular complexity index is 1340. The summed E-state index contributed by atoms with van der Waals surface area (Å²) in [7, 11) is -3.74. The molecule has 0 saturated heterocycles. The maximum atomic E-state index is 13.2. The number of benzene rings is 3. The molecule has 0 bridgehead atoms. The molecule has 0 spiro atoms. The van der Waals surface area contributed by atoms with Gasteiger partial charge in [-0.15, -0.1) is 0 Å². The van der Waals surface area contributed by atoms with Crippen LogP contribution in [0.1, 0.15) is 43.4 Å². The average molecular weight is 491 g/mol. The lowest BCUT2D eigenvalue weighted by molar-refractivity contribution is 0.326. The number of para-hydroxylation sites is 1. The topological polar surface area (TPSA) is 76.7 Å². The molecule has 182 valence electrons. The Kier molecular flexibility index (Phi) is 6.43. The van der Waals surface area contributed by atoms with Crippen molar-refractivity contribution in [3.05, 3.63) is 90.0 Å². The van der Waals surface area contributed by atoms with Gasteiger partial charge in [0.15, 0.2) is 0 Å². The highest BCUT2D eigenvalue weighted by molar-refractivity contribution is 7.92. The third kappa shape index (κ3) is 4.60. The molecule has 0 radical (unpaired) electrons. The van der Waals surface area contributed by atoms with E-state index >= 15 is 0 Å². The first kappa shape index (κ1) is 23.3. The van der Waals surface area contributed by atoms with Crippen LogP contribution in [0, 0.1) is 5.92 Å². The fourth-order valence-corrected chi connectivity index (χ4v) is 6.17. The van der Waals surface area contributed by atoms with Crippen LogP contribution in [0.2, 0.25) is 0 Å². The van der Waals surface area contributed by atoms with E-state index in [0.717, 1.165) is 29.0 Å². The van der Waals surface area contributed by atoms with Gasteiger partial charge in [0.2, 0.25) is 0 Å². The standard InChI is InChI=1S/C28H30N2O4S/c1-3-33-20-14-12-19(13-15-20)30-35(31,32)21-16-17-26-25(18-21)22-9-7-10-23(22)28(29-26)24-8-5-6-11-27(24)34-4-2/h5-9,11-18,22-23,28-30H,3-4,10H2,1-2H3. The lowest BCUT2D eigenvalue weighted by atomic mass is 9.77. The fraction of sp³-hybridized carbons (Fsp3) is 0.286. The van der Waals surface area contributed by atoms with Gasteiger partial charge in [0.25, 0.3) is 10.0 Å². The smallest absolute Gasteiger partial charge is 0.261 e. The Morgan fingerprint density at radius 1 is 0.943 bits per heavy atom. The summed E-state index contributed by atoms with van der Waals surface area (Å²) in [6.07, 6.45) is 5.32. The molecule has 0 fully saturated rings. The van der Waals surface area contributed by atoms with Crippen LogP contribution in [0.3, 0.4) is 0 Å². The largest absolute Gasteiger partial charge is 0.494 e. The average Bonchev–Trinajstić information content (AvgIpc) is 3.36. The lowest BCUT2D eigenvalue weighted by Crippen LogP contribution is -2.29. The first-order valence-corrected chi connectivity index (χ1v) is 13.5. The summed E-state index contributed by atoms with van der Waals surface area (Å²) in [4.78, 5) is 0.249. The molecule has 0 amide bonds. The highest BCUT2D eigenvalue weighted by Crippen LogP contribution is 2.51. The van der Waals surface area contributed by atoms with E-state index in [-0.39, 0.29) is 22.8 Å². The molecule has 3 unspecified atom stereocenters. The second-order valence-electron chi connectivity index (χ2n) is 8.76. The lowest BCUT2D eigenvalue weighted by Gasteiger charge is -2.38. The number of fused-ring (bicyclic) bond motifs is 3. The van der Waals surface area contributed by atoms with Crippen molar-refractivity contribution < 1.29 is 17.9 Å². The van der Waals surface area contributed by atoms with Crippen LogP contribution in [0.4, 0.5) is 11.4 Å². The second-order valence-corrected chi connectivity index (χ2v) is 10.4. The van der Waals surface area contributed by atoms with Crippen molar-refractivity contribution in [3.63, 3.8) is 0 Å². The van der Waals surface area contributed by atoms with Gasteiger partial charge in [-0.05, 0) is 80.3 Å². The normalized spacial score (nSPS) is 20.5. The van der Waals surface area contributed by atoms with Crippen LogP contribution in [0.5, 0.6) is 11.5 Å². The zero-order chi connectivity index (χ0) is 24.4. The van der Waals surface area contributed by atoms with E-state index in [1.165, 1.54) is 0 Å². The molecular formula is C28H30N2O4S. The molecule has 0 saturated carbocycles.